The molecule has 0 saturated carbocycles. The molecule has 1 aliphatic rings. The summed E-state index contributed by atoms with van der Waals surface area (Å²) < 4.78 is 16.6. The van der Waals surface area contributed by atoms with E-state index in [2.05, 4.69) is 13.8 Å². The van der Waals surface area contributed by atoms with Gasteiger partial charge in [-0.25, -0.2) is 0 Å². The molecule has 1 heterocycles. The van der Waals surface area contributed by atoms with Crippen LogP contribution in [0.1, 0.15) is 39.2 Å². The second-order valence-electron chi connectivity index (χ2n) is 5.78. The molecule has 4 nitrogen and oxygen atoms in total. The van der Waals surface area contributed by atoms with Crippen LogP contribution in [0.25, 0.3) is 0 Å². The summed E-state index contributed by atoms with van der Waals surface area (Å²) in [6.07, 6.45) is 1.16. The first-order valence-electron chi connectivity index (χ1n) is 6.98. The van der Waals surface area contributed by atoms with Gasteiger partial charge in [-0.05, 0) is 30.5 Å². The molecule has 0 radical (unpaired) electrons. The highest BCUT2D eigenvalue weighted by atomic mass is 16.6. The van der Waals surface area contributed by atoms with Crippen LogP contribution in [0.5, 0.6) is 11.5 Å². The van der Waals surface area contributed by atoms with Crippen LogP contribution in [-0.4, -0.2) is 19.7 Å². The summed E-state index contributed by atoms with van der Waals surface area (Å²) in [6.45, 7) is 6.75. The third-order valence-corrected chi connectivity index (χ3v) is 3.49. The number of carbonyl (C=O) groups is 1. The molecule has 0 bridgehead atoms. The molecule has 0 amide bonds. The molecule has 1 aromatic carbocycles. The summed E-state index contributed by atoms with van der Waals surface area (Å²) in [6, 6.07) is 5.71. The van der Waals surface area contributed by atoms with Crippen molar-refractivity contribution in [2.45, 2.75) is 39.2 Å². The maximum atomic E-state index is 11.4. The van der Waals surface area contributed by atoms with Gasteiger partial charge in [0.05, 0.1) is 13.7 Å². The number of carbonyl (C=O) groups excluding carboxylic acids is 1. The van der Waals surface area contributed by atoms with E-state index in [9.17, 15) is 4.79 Å². The summed E-state index contributed by atoms with van der Waals surface area (Å²) in [5, 5.41) is 0. The summed E-state index contributed by atoms with van der Waals surface area (Å²) in [5.41, 5.74) is 0.391. The van der Waals surface area contributed by atoms with E-state index in [0.717, 1.165) is 5.56 Å². The Balaban J connectivity index is 2.27. The Morgan fingerprint density at radius 1 is 1.35 bits per heavy atom. The van der Waals surface area contributed by atoms with Crippen molar-refractivity contribution in [3.63, 3.8) is 0 Å². The molecule has 1 aromatic rings. The van der Waals surface area contributed by atoms with Gasteiger partial charge in [-0.2, -0.15) is 0 Å². The smallest absolute Gasteiger partial charge is 0.306 e. The predicted molar refractivity (Wildman–Crippen MR) is 76.0 cm³/mol. The van der Waals surface area contributed by atoms with E-state index in [-0.39, 0.29) is 5.97 Å². The van der Waals surface area contributed by atoms with Crippen LogP contribution in [0.2, 0.25) is 0 Å². The van der Waals surface area contributed by atoms with E-state index in [1.165, 1.54) is 0 Å². The first kappa shape index (κ1) is 14.7. The number of cyclic esters (lactones) is 1. The highest BCUT2D eigenvalue weighted by Crippen LogP contribution is 2.40. The summed E-state index contributed by atoms with van der Waals surface area (Å²) in [4.78, 5) is 11.4. The second kappa shape index (κ2) is 5.73. The molecule has 110 valence electrons. The Labute approximate surface area is 120 Å². The molecular formula is C16H22O4. The Morgan fingerprint density at radius 3 is 2.65 bits per heavy atom. The minimum Gasteiger partial charge on any atom is -0.493 e. The normalized spacial score (nSPS) is 21.9. The van der Waals surface area contributed by atoms with Gasteiger partial charge in [0, 0.05) is 12.8 Å². The number of methoxy groups -OCH3 is 1. The Morgan fingerprint density at radius 2 is 2.10 bits per heavy atom. The van der Waals surface area contributed by atoms with E-state index in [4.69, 9.17) is 14.2 Å². The molecule has 0 spiro atoms. The lowest BCUT2D eigenvalue weighted by Crippen LogP contribution is -2.21. The lowest BCUT2D eigenvalue weighted by molar-refractivity contribution is -0.147. The molecule has 0 aromatic heterocycles. The number of hydrogen-bond acceptors (Lipinski definition) is 4. The predicted octanol–water partition coefficient (Wildman–Crippen LogP) is 3.28. The van der Waals surface area contributed by atoms with Crippen LogP contribution in [0.4, 0.5) is 0 Å². The van der Waals surface area contributed by atoms with Crippen molar-refractivity contribution in [2.75, 3.05) is 13.7 Å². The fourth-order valence-electron chi connectivity index (χ4n) is 2.27. The summed E-state index contributed by atoms with van der Waals surface area (Å²) in [5.74, 6) is 1.68. The van der Waals surface area contributed by atoms with Crippen LogP contribution in [0, 0.1) is 5.92 Å². The molecule has 20 heavy (non-hydrogen) atoms. The maximum absolute atomic E-state index is 11.4. The molecule has 1 fully saturated rings. The summed E-state index contributed by atoms with van der Waals surface area (Å²) in [7, 11) is 1.62. The third-order valence-electron chi connectivity index (χ3n) is 3.49. The van der Waals surface area contributed by atoms with E-state index < -0.39 is 5.60 Å². The Hall–Kier alpha value is -1.71. The average Bonchev–Trinajstić information content (AvgIpc) is 2.77. The highest BCUT2D eigenvalue weighted by Gasteiger charge is 2.37. The number of benzene rings is 1. The quantitative estimate of drug-likeness (QED) is 0.775. The topological polar surface area (TPSA) is 44.8 Å². The van der Waals surface area contributed by atoms with E-state index >= 15 is 0 Å². The van der Waals surface area contributed by atoms with Crippen molar-refractivity contribution in [3.8, 4) is 11.5 Å². The maximum Gasteiger partial charge on any atom is 0.306 e. The van der Waals surface area contributed by atoms with Gasteiger partial charge in [-0.1, -0.05) is 19.9 Å². The third kappa shape index (κ3) is 3.06. The number of ether oxygens (including phenoxy) is 3. The molecule has 1 unspecified atom stereocenters. The zero-order valence-electron chi connectivity index (χ0n) is 12.6. The van der Waals surface area contributed by atoms with Gasteiger partial charge in [0.25, 0.3) is 0 Å². The zero-order valence-corrected chi connectivity index (χ0v) is 12.6. The van der Waals surface area contributed by atoms with Crippen LogP contribution in [0.3, 0.4) is 0 Å². The number of esters is 1. The van der Waals surface area contributed by atoms with Crippen molar-refractivity contribution in [3.05, 3.63) is 23.8 Å². The number of rotatable bonds is 5. The van der Waals surface area contributed by atoms with Crippen LogP contribution in [0.15, 0.2) is 18.2 Å². The van der Waals surface area contributed by atoms with Crippen molar-refractivity contribution < 1.29 is 19.0 Å². The first-order chi connectivity index (χ1) is 9.44. The van der Waals surface area contributed by atoms with Crippen molar-refractivity contribution in [2.24, 2.45) is 5.92 Å². The van der Waals surface area contributed by atoms with Gasteiger partial charge >= 0.3 is 5.97 Å². The highest BCUT2D eigenvalue weighted by molar-refractivity contribution is 5.72. The molecule has 0 aliphatic carbocycles. The Kier molecular flexibility index (Phi) is 4.21. The molecule has 2 rings (SSSR count). The van der Waals surface area contributed by atoms with Gasteiger partial charge in [-0.3, -0.25) is 4.79 Å². The van der Waals surface area contributed by atoms with Gasteiger partial charge in [0.2, 0.25) is 0 Å². The van der Waals surface area contributed by atoms with E-state index in [0.29, 0.717) is 36.9 Å². The molecule has 1 saturated heterocycles. The van der Waals surface area contributed by atoms with E-state index in [1.54, 1.807) is 7.11 Å². The fourth-order valence-corrected chi connectivity index (χ4v) is 2.27. The average molecular weight is 278 g/mol. The van der Waals surface area contributed by atoms with Crippen molar-refractivity contribution in [1.82, 2.24) is 0 Å². The minimum absolute atomic E-state index is 0.145. The first-order valence-corrected chi connectivity index (χ1v) is 6.98. The van der Waals surface area contributed by atoms with E-state index in [1.807, 2.05) is 25.1 Å². The molecular weight excluding hydrogens is 256 g/mol. The molecule has 1 aliphatic heterocycles. The van der Waals surface area contributed by atoms with Crippen LogP contribution in [-0.2, 0) is 15.1 Å². The SMILES string of the molecule is COc1ccc(C2(C)CCC(=O)O2)cc1OCC(C)C. The zero-order chi connectivity index (χ0) is 14.8. The van der Waals surface area contributed by atoms with Crippen molar-refractivity contribution in [1.29, 1.82) is 0 Å². The minimum atomic E-state index is -0.556. The van der Waals surface area contributed by atoms with Gasteiger partial charge < -0.3 is 14.2 Å². The molecule has 1 atom stereocenters. The lowest BCUT2D eigenvalue weighted by Gasteiger charge is -2.24. The van der Waals surface area contributed by atoms with Gasteiger partial charge in [0.15, 0.2) is 11.5 Å². The molecule has 4 heteroatoms. The Bertz CT molecular complexity index is 495. The van der Waals surface area contributed by atoms with Gasteiger partial charge in [-0.15, -0.1) is 0 Å². The fraction of sp³-hybridized carbons (Fsp3) is 0.562. The van der Waals surface area contributed by atoms with Crippen LogP contribution >= 0.6 is 0 Å². The summed E-state index contributed by atoms with van der Waals surface area (Å²) >= 11 is 0. The van der Waals surface area contributed by atoms with Gasteiger partial charge in [0.1, 0.15) is 5.60 Å². The largest absolute Gasteiger partial charge is 0.493 e. The monoisotopic (exact) mass is 278 g/mol. The number of hydrogen-bond donors (Lipinski definition) is 0. The van der Waals surface area contributed by atoms with Crippen LogP contribution < -0.4 is 9.47 Å². The second-order valence-corrected chi connectivity index (χ2v) is 5.78. The molecule has 0 N–H and O–H groups in total. The standard InChI is InChI=1S/C16H22O4/c1-11(2)10-19-14-9-12(5-6-13(14)18-4)16(3)8-7-15(17)20-16/h5-6,9,11H,7-8,10H2,1-4H3. The van der Waals surface area contributed by atoms with Crippen molar-refractivity contribution >= 4 is 5.97 Å². The lowest BCUT2D eigenvalue weighted by atomic mass is 9.92.